The van der Waals surface area contributed by atoms with Crippen molar-refractivity contribution in [3.05, 3.63) is 72.1 Å². The van der Waals surface area contributed by atoms with Crippen LogP contribution in [0.4, 0.5) is 4.79 Å². The van der Waals surface area contributed by atoms with E-state index in [1.165, 1.54) is 0 Å². The van der Waals surface area contributed by atoms with Crippen molar-refractivity contribution in [2.24, 2.45) is 5.92 Å². The van der Waals surface area contributed by atoms with E-state index in [0.29, 0.717) is 5.92 Å². The van der Waals surface area contributed by atoms with Crippen LogP contribution in [0.25, 0.3) is 17.1 Å². The minimum absolute atomic E-state index is 0.224. The first-order valence-electron chi connectivity index (χ1n) is 10.1. The number of aromatic nitrogens is 2. The minimum Gasteiger partial charge on any atom is -0.445 e. The van der Waals surface area contributed by atoms with Gasteiger partial charge in [-0.25, -0.2) is 9.78 Å². The van der Waals surface area contributed by atoms with Gasteiger partial charge in [0, 0.05) is 6.54 Å². The number of nitrogens with one attached hydrogen (secondary N) is 1. The molecule has 0 aliphatic carbocycles. The Hall–Kier alpha value is -3.08. The Morgan fingerprint density at radius 2 is 2.00 bits per heavy atom. The van der Waals surface area contributed by atoms with E-state index in [1.54, 1.807) is 0 Å². The first kappa shape index (κ1) is 20.6. The highest BCUT2D eigenvalue weighted by Crippen LogP contribution is 2.26. The molecular weight excluding hydrogens is 362 g/mol. The molecule has 3 aromatic rings. The number of carbonyl (C=O) groups excluding carboxylic acids is 1. The zero-order chi connectivity index (χ0) is 20.8. The topological polar surface area (TPSA) is 56.1 Å². The summed E-state index contributed by atoms with van der Waals surface area (Å²) in [5.74, 6) is 1.25. The van der Waals surface area contributed by atoms with Crippen LogP contribution in [0.3, 0.4) is 0 Å². The summed E-state index contributed by atoms with van der Waals surface area (Å²) in [4.78, 5) is 17.4. The van der Waals surface area contributed by atoms with Gasteiger partial charge in [-0.3, -0.25) is 0 Å². The van der Waals surface area contributed by atoms with E-state index in [9.17, 15) is 4.79 Å². The normalized spacial score (nSPS) is 12.1. The third kappa shape index (κ3) is 5.05. The van der Waals surface area contributed by atoms with Crippen molar-refractivity contribution in [3.63, 3.8) is 0 Å². The lowest BCUT2D eigenvalue weighted by Gasteiger charge is -2.21. The van der Waals surface area contributed by atoms with E-state index >= 15 is 0 Å². The fourth-order valence-electron chi connectivity index (χ4n) is 3.49. The molecule has 5 heteroatoms. The van der Waals surface area contributed by atoms with Crippen molar-refractivity contribution in [3.8, 4) is 0 Å². The number of carbonyl (C=O) groups is 1. The Balaban J connectivity index is 1.84. The zero-order valence-corrected chi connectivity index (χ0v) is 17.4. The number of amides is 1. The molecule has 0 unspecified atom stereocenters. The van der Waals surface area contributed by atoms with Gasteiger partial charge in [0.2, 0.25) is 0 Å². The average Bonchev–Trinajstić information content (AvgIpc) is 3.09. The first-order chi connectivity index (χ1) is 14.0. The Morgan fingerprint density at radius 3 is 2.66 bits per heavy atom. The third-order valence-electron chi connectivity index (χ3n) is 4.88. The molecular formula is C24H29N3O2. The maximum atomic E-state index is 12.5. The first-order valence-corrected chi connectivity index (χ1v) is 10.1. The lowest BCUT2D eigenvalue weighted by Crippen LogP contribution is -2.32. The van der Waals surface area contributed by atoms with Crippen LogP contribution in [0.5, 0.6) is 0 Å². The van der Waals surface area contributed by atoms with Crippen LogP contribution in [0.15, 0.2) is 55.1 Å². The summed E-state index contributed by atoms with van der Waals surface area (Å²) in [5, 5.41) is 3.03. The zero-order valence-electron chi connectivity index (χ0n) is 17.4. The maximum Gasteiger partial charge on any atom is 0.408 e. The van der Waals surface area contributed by atoms with Crippen molar-refractivity contribution in [1.29, 1.82) is 0 Å². The summed E-state index contributed by atoms with van der Waals surface area (Å²) in [7, 11) is 0. The SMILES string of the molecule is C=Cc1ccc2nc([C@@H](CC(C)C)NC(=O)OCc3ccccc3)n(CC)c2c1. The molecule has 1 heterocycles. The summed E-state index contributed by atoms with van der Waals surface area (Å²) in [6.45, 7) is 11.2. The largest absolute Gasteiger partial charge is 0.445 e. The van der Waals surface area contributed by atoms with Crippen LogP contribution in [0.2, 0.25) is 0 Å². The van der Waals surface area contributed by atoms with E-state index in [4.69, 9.17) is 9.72 Å². The molecule has 1 amide bonds. The Labute approximate surface area is 172 Å². The molecule has 0 spiro atoms. The Kier molecular flexibility index (Phi) is 6.70. The molecule has 3 rings (SSSR count). The number of alkyl carbamates (subject to hydrolysis) is 1. The molecule has 2 aromatic carbocycles. The molecule has 0 fully saturated rings. The molecule has 0 saturated heterocycles. The summed E-state index contributed by atoms with van der Waals surface area (Å²) in [6.07, 6.45) is 2.18. The van der Waals surface area contributed by atoms with Crippen molar-refractivity contribution in [2.75, 3.05) is 0 Å². The van der Waals surface area contributed by atoms with E-state index in [2.05, 4.69) is 43.3 Å². The van der Waals surface area contributed by atoms with Crippen molar-refractivity contribution in [1.82, 2.24) is 14.9 Å². The van der Waals surface area contributed by atoms with Crippen LogP contribution < -0.4 is 5.32 Å². The molecule has 0 aliphatic heterocycles. The molecule has 0 saturated carbocycles. The van der Waals surface area contributed by atoms with Gasteiger partial charge in [-0.15, -0.1) is 0 Å². The lowest BCUT2D eigenvalue weighted by molar-refractivity contribution is 0.133. The van der Waals surface area contributed by atoms with Crippen LogP contribution in [0, 0.1) is 5.92 Å². The van der Waals surface area contributed by atoms with E-state index in [0.717, 1.165) is 41.0 Å². The van der Waals surface area contributed by atoms with Gasteiger partial charge in [0.25, 0.3) is 0 Å². The quantitative estimate of drug-likeness (QED) is 0.535. The van der Waals surface area contributed by atoms with Crippen LogP contribution in [-0.4, -0.2) is 15.6 Å². The molecule has 152 valence electrons. The summed E-state index contributed by atoms with van der Waals surface area (Å²) in [5.41, 5.74) is 3.98. The highest BCUT2D eigenvalue weighted by Gasteiger charge is 2.23. The monoisotopic (exact) mass is 391 g/mol. The fraction of sp³-hybridized carbons (Fsp3) is 0.333. The molecule has 1 aromatic heterocycles. The predicted octanol–water partition coefficient (Wildman–Crippen LogP) is 5.71. The molecule has 0 bridgehead atoms. The standard InChI is InChI=1S/C24H29N3O2/c1-5-18-12-13-20-22(15-18)27(6-2)23(25-20)21(14-17(3)4)26-24(28)29-16-19-10-8-7-9-11-19/h5,7-13,15,17,21H,1,6,14,16H2,2-4H3,(H,26,28)/t21-/m1/s1. The molecule has 0 radical (unpaired) electrons. The van der Waals surface area contributed by atoms with Crippen molar-refractivity contribution >= 4 is 23.2 Å². The van der Waals surface area contributed by atoms with Gasteiger partial charge in [0.15, 0.2) is 0 Å². The highest BCUT2D eigenvalue weighted by atomic mass is 16.5. The number of rotatable bonds is 8. The second-order valence-electron chi connectivity index (χ2n) is 7.55. The molecule has 29 heavy (non-hydrogen) atoms. The number of aryl methyl sites for hydroxylation is 1. The molecule has 1 atom stereocenters. The van der Waals surface area contributed by atoms with Crippen LogP contribution in [-0.2, 0) is 17.9 Å². The van der Waals surface area contributed by atoms with Gasteiger partial charge >= 0.3 is 6.09 Å². The Bertz CT molecular complexity index is 976. The van der Waals surface area contributed by atoms with Gasteiger partial charge in [-0.2, -0.15) is 0 Å². The van der Waals surface area contributed by atoms with Gasteiger partial charge in [-0.05, 0) is 42.5 Å². The second kappa shape index (κ2) is 9.41. The van der Waals surface area contributed by atoms with Crippen LogP contribution >= 0.6 is 0 Å². The lowest BCUT2D eigenvalue weighted by atomic mass is 10.0. The highest BCUT2D eigenvalue weighted by molar-refractivity contribution is 5.79. The van der Waals surface area contributed by atoms with Crippen molar-refractivity contribution < 1.29 is 9.53 Å². The van der Waals surface area contributed by atoms with E-state index in [1.807, 2.05) is 48.5 Å². The third-order valence-corrected chi connectivity index (χ3v) is 4.88. The molecule has 1 N–H and O–H groups in total. The maximum absolute atomic E-state index is 12.5. The second-order valence-corrected chi connectivity index (χ2v) is 7.55. The Morgan fingerprint density at radius 1 is 1.24 bits per heavy atom. The smallest absolute Gasteiger partial charge is 0.408 e. The van der Waals surface area contributed by atoms with Crippen LogP contribution in [0.1, 0.15) is 50.2 Å². The van der Waals surface area contributed by atoms with Crippen molar-refractivity contribution in [2.45, 2.75) is 46.4 Å². The summed E-state index contributed by atoms with van der Waals surface area (Å²) < 4.78 is 7.60. The van der Waals surface area contributed by atoms with E-state index < -0.39 is 6.09 Å². The number of benzene rings is 2. The van der Waals surface area contributed by atoms with E-state index in [-0.39, 0.29) is 12.6 Å². The van der Waals surface area contributed by atoms with Gasteiger partial charge in [0.1, 0.15) is 12.4 Å². The predicted molar refractivity (Wildman–Crippen MR) is 117 cm³/mol. The summed E-state index contributed by atoms with van der Waals surface area (Å²) >= 11 is 0. The van der Waals surface area contributed by atoms with Gasteiger partial charge < -0.3 is 14.6 Å². The minimum atomic E-state index is -0.430. The average molecular weight is 392 g/mol. The molecule has 0 aliphatic rings. The van der Waals surface area contributed by atoms with Gasteiger partial charge in [-0.1, -0.05) is 62.9 Å². The number of imidazole rings is 1. The number of ether oxygens (including phenoxy) is 1. The van der Waals surface area contributed by atoms with Gasteiger partial charge in [0.05, 0.1) is 17.1 Å². The molecule has 5 nitrogen and oxygen atoms in total. The number of fused-ring (bicyclic) bond motifs is 1. The number of nitrogens with zero attached hydrogens (tertiary/aromatic N) is 2. The fourth-order valence-corrected chi connectivity index (χ4v) is 3.49. The number of hydrogen-bond acceptors (Lipinski definition) is 3. The number of hydrogen-bond donors (Lipinski definition) is 1. The summed E-state index contributed by atoms with van der Waals surface area (Å²) in [6, 6.07) is 15.5.